The van der Waals surface area contributed by atoms with E-state index in [1.807, 2.05) is 24.3 Å². The van der Waals surface area contributed by atoms with Crippen molar-refractivity contribution >= 4 is 29.5 Å². The number of hydrogen-bond acceptors (Lipinski definition) is 5. The van der Waals surface area contributed by atoms with Gasteiger partial charge in [-0.15, -0.1) is 0 Å². The maximum atomic E-state index is 13.1. The van der Waals surface area contributed by atoms with Crippen LogP contribution in [0.1, 0.15) is 41.3 Å². The molecular weight excluding hydrogens is 382 g/mol. The molecular formula is C23H23N3O4. The van der Waals surface area contributed by atoms with Crippen LogP contribution in [0.15, 0.2) is 48.3 Å². The first kappa shape index (κ1) is 19.8. The van der Waals surface area contributed by atoms with Gasteiger partial charge < -0.3 is 10.1 Å². The van der Waals surface area contributed by atoms with Gasteiger partial charge >= 0.3 is 6.09 Å². The van der Waals surface area contributed by atoms with Gasteiger partial charge in [-0.3, -0.25) is 19.5 Å². The Hall–Kier alpha value is -3.48. The lowest BCUT2D eigenvalue weighted by Gasteiger charge is -2.15. The molecule has 1 fully saturated rings. The third-order valence-electron chi connectivity index (χ3n) is 5.33. The molecule has 7 nitrogen and oxygen atoms in total. The van der Waals surface area contributed by atoms with E-state index < -0.39 is 12.2 Å². The zero-order valence-corrected chi connectivity index (χ0v) is 16.8. The van der Waals surface area contributed by atoms with Crippen molar-refractivity contribution in [2.24, 2.45) is 0 Å². The largest absolute Gasteiger partial charge is 0.442 e. The summed E-state index contributed by atoms with van der Waals surface area (Å²) in [6.07, 6.45) is 6.84. The highest BCUT2D eigenvalue weighted by Crippen LogP contribution is 2.30. The summed E-state index contributed by atoms with van der Waals surface area (Å²) in [6, 6.07) is 9.25. The number of ketones is 1. The number of carbonyl (C=O) groups excluding carboxylic acids is 3. The molecule has 30 heavy (non-hydrogen) atoms. The number of carbonyl (C=O) groups is 3. The number of fused-ring (bicyclic) bond motifs is 1. The fourth-order valence-corrected chi connectivity index (χ4v) is 3.83. The van der Waals surface area contributed by atoms with Gasteiger partial charge in [-0.1, -0.05) is 0 Å². The van der Waals surface area contributed by atoms with Crippen molar-refractivity contribution in [2.75, 3.05) is 18.0 Å². The summed E-state index contributed by atoms with van der Waals surface area (Å²) < 4.78 is 5.34. The Kier molecular flexibility index (Phi) is 5.61. The number of pyridine rings is 1. The average Bonchev–Trinajstić information content (AvgIpc) is 3.04. The minimum atomic E-state index is -0.441. The predicted molar refractivity (Wildman–Crippen MR) is 112 cm³/mol. The van der Waals surface area contributed by atoms with Gasteiger partial charge in [0.15, 0.2) is 5.78 Å². The number of benzene rings is 1. The molecule has 1 unspecified atom stereocenters. The minimum absolute atomic E-state index is 0.0263. The number of ether oxygens (including phenoxy) is 1. The van der Waals surface area contributed by atoms with E-state index in [1.165, 1.54) is 6.92 Å². The lowest BCUT2D eigenvalue weighted by atomic mass is 9.98. The molecule has 1 saturated heterocycles. The maximum Gasteiger partial charge on any atom is 0.414 e. The molecule has 4 rings (SSSR count). The summed E-state index contributed by atoms with van der Waals surface area (Å²) >= 11 is 0. The second kappa shape index (κ2) is 8.49. The van der Waals surface area contributed by atoms with Crippen molar-refractivity contribution in [2.45, 2.75) is 32.3 Å². The van der Waals surface area contributed by atoms with Gasteiger partial charge in [-0.25, -0.2) is 4.79 Å². The van der Waals surface area contributed by atoms with Crippen LogP contribution >= 0.6 is 0 Å². The molecule has 2 heterocycles. The number of allylic oxidation sites excluding steroid dienone is 1. The molecule has 0 bridgehead atoms. The quantitative estimate of drug-likeness (QED) is 0.624. The van der Waals surface area contributed by atoms with Crippen molar-refractivity contribution in [3.63, 3.8) is 0 Å². The Bertz CT molecular complexity index is 1020. The number of nitrogens with zero attached hydrogens (tertiary/aromatic N) is 2. The molecule has 7 heteroatoms. The van der Waals surface area contributed by atoms with Gasteiger partial charge in [-0.05, 0) is 66.8 Å². The van der Waals surface area contributed by atoms with Crippen molar-refractivity contribution in [1.29, 1.82) is 0 Å². The van der Waals surface area contributed by atoms with E-state index in [9.17, 15) is 14.4 Å². The standard InChI is InChI=1S/C23H23N3O4/c1-15(27)25-13-20-14-26(23(29)30-20)19-5-6-21-17(12-19)3-2-4-18(22(21)28)11-16-7-9-24-10-8-16/h5-12,20H,2-4,13-14H2,1H3,(H,25,27). The number of hydrogen-bond donors (Lipinski definition) is 1. The van der Waals surface area contributed by atoms with E-state index >= 15 is 0 Å². The van der Waals surface area contributed by atoms with Gasteiger partial charge in [0, 0.05) is 36.1 Å². The van der Waals surface area contributed by atoms with E-state index in [0.29, 0.717) is 24.2 Å². The van der Waals surface area contributed by atoms with E-state index in [1.54, 1.807) is 29.4 Å². The summed E-state index contributed by atoms with van der Waals surface area (Å²) in [4.78, 5) is 42.1. The van der Waals surface area contributed by atoms with Crippen LogP contribution < -0.4 is 10.2 Å². The first-order valence-corrected chi connectivity index (χ1v) is 10.0. The molecule has 1 N–H and O–H groups in total. The molecule has 1 aromatic heterocycles. The number of aromatic nitrogens is 1. The van der Waals surface area contributed by atoms with E-state index in [4.69, 9.17) is 4.74 Å². The summed E-state index contributed by atoms with van der Waals surface area (Å²) in [5.74, 6) is -0.137. The second-order valence-corrected chi connectivity index (χ2v) is 7.53. The van der Waals surface area contributed by atoms with Crippen LogP contribution in [0, 0.1) is 0 Å². The molecule has 1 aromatic carbocycles. The summed E-state index contributed by atoms with van der Waals surface area (Å²) in [6.45, 7) is 2.07. The third-order valence-corrected chi connectivity index (χ3v) is 5.33. The first-order chi connectivity index (χ1) is 14.5. The molecule has 0 saturated carbocycles. The maximum absolute atomic E-state index is 13.1. The number of amides is 2. The van der Waals surface area contributed by atoms with Crippen molar-refractivity contribution in [1.82, 2.24) is 10.3 Å². The molecule has 2 amide bonds. The lowest BCUT2D eigenvalue weighted by Crippen LogP contribution is -2.33. The normalized spacial score (nSPS) is 20.0. The highest BCUT2D eigenvalue weighted by Gasteiger charge is 2.33. The SMILES string of the molecule is CC(=O)NCC1CN(c2ccc3c(c2)CCCC(=Cc2ccncc2)C3=O)C(=O)O1. The zero-order chi connectivity index (χ0) is 21.1. The molecule has 0 radical (unpaired) electrons. The monoisotopic (exact) mass is 405 g/mol. The number of aryl methyl sites for hydroxylation is 1. The molecule has 1 aliphatic carbocycles. The number of anilines is 1. The van der Waals surface area contributed by atoms with Crippen LogP contribution in [0.5, 0.6) is 0 Å². The highest BCUT2D eigenvalue weighted by molar-refractivity contribution is 6.12. The first-order valence-electron chi connectivity index (χ1n) is 10.0. The van der Waals surface area contributed by atoms with Gasteiger partial charge in [0.05, 0.1) is 13.1 Å². The fraction of sp³-hybridized carbons (Fsp3) is 0.304. The molecule has 1 aliphatic heterocycles. The van der Waals surface area contributed by atoms with Crippen LogP contribution in [0.25, 0.3) is 6.08 Å². The van der Waals surface area contributed by atoms with Crippen LogP contribution in [-0.4, -0.2) is 42.0 Å². The number of rotatable bonds is 4. The van der Waals surface area contributed by atoms with E-state index in [0.717, 1.165) is 29.5 Å². The zero-order valence-electron chi connectivity index (χ0n) is 16.8. The van der Waals surface area contributed by atoms with Gasteiger partial charge in [0.2, 0.25) is 5.91 Å². The van der Waals surface area contributed by atoms with E-state index in [-0.39, 0.29) is 18.2 Å². The highest BCUT2D eigenvalue weighted by atomic mass is 16.6. The molecule has 154 valence electrons. The Morgan fingerprint density at radius 3 is 2.80 bits per heavy atom. The third kappa shape index (κ3) is 4.25. The van der Waals surface area contributed by atoms with Crippen molar-refractivity contribution in [3.05, 3.63) is 65.0 Å². The molecule has 0 spiro atoms. The summed E-state index contributed by atoms with van der Waals surface area (Å²) in [5, 5.41) is 2.67. The molecule has 1 atom stereocenters. The lowest BCUT2D eigenvalue weighted by molar-refractivity contribution is -0.119. The Morgan fingerprint density at radius 2 is 2.03 bits per heavy atom. The number of cyclic esters (lactones) is 1. The topological polar surface area (TPSA) is 88.6 Å². The van der Waals surface area contributed by atoms with E-state index in [2.05, 4.69) is 10.3 Å². The van der Waals surface area contributed by atoms with Crippen molar-refractivity contribution in [3.8, 4) is 0 Å². The Balaban J connectivity index is 1.55. The fourth-order valence-electron chi connectivity index (χ4n) is 3.83. The Labute approximate surface area is 174 Å². The van der Waals surface area contributed by atoms with Crippen LogP contribution in [0.4, 0.5) is 10.5 Å². The van der Waals surface area contributed by atoms with Gasteiger partial charge in [-0.2, -0.15) is 0 Å². The predicted octanol–water partition coefficient (Wildman–Crippen LogP) is 3.15. The van der Waals surface area contributed by atoms with Crippen LogP contribution in [0.2, 0.25) is 0 Å². The second-order valence-electron chi connectivity index (χ2n) is 7.53. The van der Waals surface area contributed by atoms with Gasteiger partial charge in [0.1, 0.15) is 6.10 Å². The Morgan fingerprint density at radius 1 is 1.23 bits per heavy atom. The minimum Gasteiger partial charge on any atom is -0.442 e. The molecule has 2 aliphatic rings. The van der Waals surface area contributed by atoms with Crippen molar-refractivity contribution < 1.29 is 19.1 Å². The summed E-state index contributed by atoms with van der Waals surface area (Å²) in [7, 11) is 0. The number of nitrogens with one attached hydrogen (secondary N) is 1. The van der Waals surface area contributed by atoms with Gasteiger partial charge in [0.25, 0.3) is 0 Å². The molecule has 2 aromatic rings. The smallest absolute Gasteiger partial charge is 0.414 e. The summed E-state index contributed by atoms with van der Waals surface area (Å²) in [5.41, 5.74) is 4.06. The number of Topliss-reactive ketones (excluding diaryl/α,β-unsaturated/α-hetero) is 1. The van der Waals surface area contributed by atoms with Crippen LogP contribution in [0.3, 0.4) is 0 Å². The average molecular weight is 405 g/mol. The van der Waals surface area contributed by atoms with Crippen LogP contribution in [-0.2, 0) is 16.0 Å².